The zero-order valence-electron chi connectivity index (χ0n) is 12.5. The van der Waals surface area contributed by atoms with Gasteiger partial charge in [0.25, 0.3) is 0 Å². The Morgan fingerprint density at radius 2 is 1.96 bits per heavy atom. The van der Waals surface area contributed by atoms with Crippen LogP contribution in [-0.2, 0) is 0 Å². The van der Waals surface area contributed by atoms with Gasteiger partial charge in [-0.3, -0.25) is 4.90 Å². The smallest absolute Gasteiger partial charge is 0.337 e. The van der Waals surface area contributed by atoms with Gasteiger partial charge in [-0.05, 0) is 43.9 Å². The van der Waals surface area contributed by atoms with Crippen LogP contribution in [0.3, 0.4) is 0 Å². The van der Waals surface area contributed by atoms with Gasteiger partial charge in [0, 0.05) is 4.47 Å². The lowest BCUT2D eigenvalue weighted by Crippen LogP contribution is -2.58. The summed E-state index contributed by atoms with van der Waals surface area (Å²) in [6, 6.07) is 5.07. The molecule has 5 N–H and O–H groups in total. The van der Waals surface area contributed by atoms with Crippen LogP contribution in [0.5, 0.6) is 0 Å². The number of halogens is 1. The van der Waals surface area contributed by atoms with Crippen molar-refractivity contribution in [2.45, 2.75) is 37.8 Å². The van der Waals surface area contributed by atoms with Crippen LogP contribution < -0.4 is 16.4 Å². The van der Waals surface area contributed by atoms with Crippen molar-refractivity contribution in [2.24, 2.45) is 21.5 Å². The van der Waals surface area contributed by atoms with E-state index in [0.29, 0.717) is 10.2 Å². The topological polar surface area (TPSA) is 117 Å². The van der Waals surface area contributed by atoms with E-state index in [2.05, 4.69) is 25.9 Å². The number of benzene rings is 1. The Morgan fingerprint density at radius 1 is 1.26 bits per heavy atom. The number of carboxylic acids is 1. The molecule has 1 aromatic rings. The minimum Gasteiger partial charge on any atom is -0.478 e. The predicted octanol–water partition coefficient (Wildman–Crippen LogP) is 2.26. The van der Waals surface area contributed by atoms with Crippen LogP contribution in [0.2, 0.25) is 0 Å². The van der Waals surface area contributed by atoms with Gasteiger partial charge in [0.05, 0.1) is 11.3 Å². The van der Waals surface area contributed by atoms with Crippen LogP contribution in [-0.4, -0.2) is 28.7 Å². The summed E-state index contributed by atoms with van der Waals surface area (Å²) in [5.41, 5.74) is 11.9. The lowest BCUT2D eigenvalue weighted by Gasteiger charge is -2.46. The molecule has 3 rings (SSSR count). The van der Waals surface area contributed by atoms with Crippen LogP contribution in [0.1, 0.15) is 42.5 Å². The van der Waals surface area contributed by atoms with Crippen molar-refractivity contribution in [2.75, 3.05) is 4.90 Å². The Kier molecular flexibility index (Phi) is 4.01. The van der Waals surface area contributed by atoms with Gasteiger partial charge < -0.3 is 16.6 Å². The molecule has 0 atom stereocenters. The molecular formula is C15H18BrN5O2. The van der Waals surface area contributed by atoms with Crippen LogP contribution in [0.25, 0.3) is 0 Å². The molecule has 23 heavy (non-hydrogen) atoms. The SMILES string of the molecule is NC1=NC2(CCCCC2)N(c2ccc(Br)cc2C(=O)O)C(N)=N1. The number of guanidine groups is 2. The number of nitrogens with two attached hydrogens (primary N) is 2. The molecule has 0 aromatic heterocycles. The minimum atomic E-state index is -1.03. The summed E-state index contributed by atoms with van der Waals surface area (Å²) in [7, 11) is 0. The molecule has 1 aliphatic heterocycles. The van der Waals surface area contributed by atoms with Crippen molar-refractivity contribution < 1.29 is 9.90 Å². The van der Waals surface area contributed by atoms with Crippen molar-refractivity contribution in [1.29, 1.82) is 0 Å². The summed E-state index contributed by atoms with van der Waals surface area (Å²) in [6.07, 6.45) is 4.62. The van der Waals surface area contributed by atoms with E-state index in [0.717, 1.165) is 32.1 Å². The number of carboxylic acid groups (broad SMARTS) is 1. The third-order valence-corrected chi connectivity index (χ3v) is 4.77. The molecule has 2 aliphatic rings. The van der Waals surface area contributed by atoms with Gasteiger partial charge in [-0.2, -0.15) is 4.99 Å². The highest BCUT2D eigenvalue weighted by Crippen LogP contribution is 2.41. The summed E-state index contributed by atoms with van der Waals surface area (Å²) >= 11 is 3.31. The van der Waals surface area contributed by atoms with E-state index in [1.54, 1.807) is 23.1 Å². The number of aliphatic imine (C=N–C) groups is 2. The summed E-state index contributed by atoms with van der Waals surface area (Å²) in [5.74, 6) is -0.693. The Labute approximate surface area is 142 Å². The number of aromatic carboxylic acids is 1. The highest BCUT2D eigenvalue weighted by atomic mass is 79.9. The van der Waals surface area contributed by atoms with Gasteiger partial charge in [0.1, 0.15) is 5.66 Å². The maximum atomic E-state index is 11.7. The molecule has 0 radical (unpaired) electrons. The minimum absolute atomic E-state index is 0.148. The first-order valence-electron chi connectivity index (χ1n) is 7.45. The molecule has 7 nitrogen and oxygen atoms in total. The highest BCUT2D eigenvalue weighted by molar-refractivity contribution is 9.10. The van der Waals surface area contributed by atoms with Crippen molar-refractivity contribution in [1.82, 2.24) is 0 Å². The number of carbonyl (C=O) groups is 1. The van der Waals surface area contributed by atoms with Gasteiger partial charge >= 0.3 is 5.97 Å². The molecule has 0 unspecified atom stereocenters. The average molecular weight is 380 g/mol. The van der Waals surface area contributed by atoms with E-state index in [4.69, 9.17) is 11.5 Å². The van der Waals surface area contributed by atoms with Gasteiger partial charge in [-0.15, -0.1) is 0 Å². The van der Waals surface area contributed by atoms with E-state index in [1.807, 2.05) is 0 Å². The van der Waals surface area contributed by atoms with Crippen LogP contribution in [0, 0.1) is 0 Å². The van der Waals surface area contributed by atoms with Crippen LogP contribution >= 0.6 is 15.9 Å². The number of anilines is 1. The second-order valence-electron chi connectivity index (χ2n) is 5.79. The lowest BCUT2D eigenvalue weighted by molar-refractivity contribution is 0.0697. The monoisotopic (exact) mass is 379 g/mol. The van der Waals surface area contributed by atoms with Crippen molar-refractivity contribution in [3.63, 3.8) is 0 Å². The standard InChI is InChI=1S/C15H18BrN5O2/c16-9-4-5-11(10(8-9)12(22)23)21-14(18)19-13(17)20-15(21)6-2-1-3-7-15/h4-5,8H,1-3,6-7H2,(H,22,23)(H4,17,18,19,20). The number of hydrogen-bond donors (Lipinski definition) is 3. The third-order valence-electron chi connectivity index (χ3n) is 4.28. The van der Waals surface area contributed by atoms with Crippen molar-refractivity contribution in [3.05, 3.63) is 28.2 Å². The highest BCUT2D eigenvalue weighted by Gasteiger charge is 2.43. The molecule has 1 saturated carbocycles. The summed E-state index contributed by atoms with van der Waals surface area (Å²) in [6.45, 7) is 0. The van der Waals surface area contributed by atoms with Crippen molar-refractivity contribution >= 4 is 39.5 Å². The van der Waals surface area contributed by atoms with E-state index < -0.39 is 11.6 Å². The predicted molar refractivity (Wildman–Crippen MR) is 92.6 cm³/mol. The molecule has 0 bridgehead atoms. The fourth-order valence-corrected chi connectivity index (χ4v) is 3.71. The number of rotatable bonds is 2. The molecule has 1 heterocycles. The van der Waals surface area contributed by atoms with Crippen LogP contribution in [0.15, 0.2) is 32.7 Å². The average Bonchev–Trinajstić information content (AvgIpc) is 2.48. The Bertz CT molecular complexity index is 710. The van der Waals surface area contributed by atoms with E-state index in [-0.39, 0.29) is 17.5 Å². The van der Waals surface area contributed by atoms with Gasteiger partial charge in [0.15, 0.2) is 0 Å². The molecule has 122 valence electrons. The van der Waals surface area contributed by atoms with E-state index in [9.17, 15) is 9.90 Å². The number of hydrogen-bond acceptors (Lipinski definition) is 6. The molecule has 1 aliphatic carbocycles. The van der Waals surface area contributed by atoms with Gasteiger partial charge in [-0.1, -0.05) is 22.4 Å². The van der Waals surface area contributed by atoms with Crippen LogP contribution in [0.4, 0.5) is 5.69 Å². The summed E-state index contributed by atoms with van der Waals surface area (Å²) in [5, 5.41) is 9.56. The molecule has 1 fully saturated rings. The Balaban J connectivity index is 2.16. The summed E-state index contributed by atoms with van der Waals surface area (Å²) < 4.78 is 0.687. The summed E-state index contributed by atoms with van der Waals surface area (Å²) in [4.78, 5) is 22.0. The molecule has 0 saturated heterocycles. The fraction of sp³-hybridized carbons (Fsp3) is 0.400. The van der Waals surface area contributed by atoms with Gasteiger partial charge in [0.2, 0.25) is 11.9 Å². The number of nitrogens with zero attached hydrogens (tertiary/aromatic N) is 3. The normalized spacial score (nSPS) is 20.1. The lowest BCUT2D eigenvalue weighted by atomic mass is 9.87. The van der Waals surface area contributed by atoms with E-state index in [1.165, 1.54) is 0 Å². The maximum absolute atomic E-state index is 11.7. The molecular weight excluding hydrogens is 362 g/mol. The van der Waals surface area contributed by atoms with E-state index >= 15 is 0 Å². The maximum Gasteiger partial charge on any atom is 0.337 e. The second kappa shape index (κ2) is 5.84. The zero-order valence-corrected chi connectivity index (χ0v) is 14.1. The first kappa shape index (κ1) is 15.8. The largest absolute Gasteiger partial charge is 0.478 e. The first-order valence-corrected chi connectivity index (χ1v) is 8.25. The third kappa shape index (κ3) is 2.78. The molecule has 0 amide bonds. The Hall–Kier alpha value is -2.09. The second-order valence-corrected chi connectivity index (χ2v) is 6.70. The first-order chi connectivity index (χ1) is 10.9. The molecule has 1 aromatic carbocycles. The quantitative estimate of drug-likeness (QED) is 0.728. The zero-order chi connectivity index (χ0) is 16.6. The Morgan fingerprint density at radius 3 is 2.61 bits per heavy atom. The molecule has 8 heteroatoms. The van der Waals surface area contributed by atoms with Gasteiger partial charge in [-0.25, -0.2) is 9.79 Å². The van der Waals surface area contributed by atoms with Crippen molar-refractivity contribution in [3.8, 4) is 0 Å². The molecule has 1 spiro atoms. The fourth-order valence-electron chi connectivity index (χ4n) is 3.34.